The first-order valence-electron chi connectivity index (χ1n) is 7.12. The number of hydrogen-bond acceptors (Lipinski definition) is 6. The number of halogens is 1. The Hall–Kier alpha value is -3.42. The van der Waals surface area contributed by atoms with E-state index < -0.39 is 0 Å². The molecule has 2 aromatic heterocycles. The van der Waals surface area contributed by atoms with Crippen LogP contribution in [0.5, 0.6) is 0 Å². The zero-order valence-electron chi connectivity index (χ0n) is 12.3. The van der Waals surface area contributed by atoms with Crippen LogP contribution in [0, 0.1) is 5.82 Å². The van der Waals surface area contributed by atoms with Crippen LogP contribution < -0.4 is 5.56 Å². The maximum absolute atomic E-state index is 12.9. The van der Waals surface area contributed by atoms with Crippen LogP contribution in [0.4, 0.5) is 4.39 Å². The highest BCUT2D eigenvalue weighted by Crippen LogP contribution is 2.16. The Balaban J connectivity index is 1.66. The fourth-order valence-corrected chi connectivity index (χ4v) is 2.29. The SMILES string of the molecule is O=c1c2ccccc2nnn1Cc1nc(-c2ccc(F)cc2)no1. The summed E-state index contributed by atoms with van der Waals surface area (Å²) in [4.78, 5) is 16.6. The average Bonchev–Trinajstić information content (AvgIpc) is 3.07. The largest absolute Gasteiger partial charge is 0.337 e. The summed E-state index contributed by atoms with van der Waals surface area (Å²) in [5, 5.41) is 12.2. The Kier molecular flexibility index (Phi) is 3.34. The second-order valence-corrected chi connectivity index (χ2v) is 5.09. The Bertz CT molecular complexity index is 1070. The number of rotatable bonds is 3. The van der Waals surface area contributed by atoms with Crippen LogP contribution in [-0.2, 0) is 6.54 Å². The lowest BCUT2D eigenvalue weighted by atomic mass is 10.2. The number of fused-ring (bicyclic) bond motifs is 1. The standard InChI is InChI=1S/C16H10FN5O2/c17-11-7-5-10(6-8-11)15-18-14(24-20-15)9-22-16(23)12-3-1-2-4-13(12)19-21-22/h1-8H,9H2. The maximum atomic E-state index is 12.9. The van der Waals surface area contributed by atoms with Crippen molar-refractivity contribution in [2.45, 2.75) is 6.54 Å². The molecule has 0 spiro atoms. The van der Waals surface area contributed by atoms with Crippen LogP contribution in [-0.4, -0.2) is 25.1 Å². The summed E-state index contributed by atoms with van der Waals surface area (Å²) in [6.45, 7) is 0.00482. The summed E-state index contributed by atoms with van der Waals surface area (Å²) in [6.07, 6.45) is 0. The molecule has 0 aliphatic rings. The molecule has 0 amide bonds. The first kappa shape index (κ1) is 14.2. The van der Waals surface area contributed by atoms with Crippen molar-refractivity contribution in [3.63, 3.8) is 0 Å². The van der Waals surface area contributed by atoms with Gasteiger partial charge in [0.25, 0.3) is 5.56 Å². The van der Waals surface area contributed by atoms with E-state index in [1.165, 1.54) is 12.1 Å². The zero-order valence-corrected chi connectivity index (χ0v) is 12.3. The van der Waals surface area contributed by atoms with Crippen LogP contribution in [0.25, 0.3) is 22.3 Å². The molecule has 24 heavy (non-hydrogen) atoms. The van der Waals surface area contributed by atoms with Crippen molar-refractivity contribution >= 4 is 10.9 Å². The highest BCUT2D eigenvalue weighted by atomic mass is 19.1. The minimum atomic E-state index is -0.347. The van der Waals surface area contributed by atoms with Crippen molar-refractivity contribution in [1.29, 1.82) is 0 Å². The molecule has 0 aliphatic carbocycles. The summed E-state index contributed by atoms with van der Waals surface area (Å²) in [5.41, 5.74) is 0.849. The Morgan fingerprint density at radius 1 is 1.08 bits per heavy atom. The number of aromatic nitrogens is 5. The van der Waals surface area contributed by atoms with Gasteiger partial charge >= 0.3 is 0 Å². The van der Waals surface area contributed by atoms with E-state index in [1.54, 1.807) is 36.4 Å². The van der Waals surface area contributed by atoms with Crippen LogP contribution in [0.1, 0.15) is 5.89 Å². The Morgan fingerprint density at radius 3 is 2.71 bits per heavy atom. The van der Waals surface area contributed by atoms with Crippen molar-refractivity contribution in [3.8, 4) is 11.4 Å². The van der Waals surface area contributed by atoms with Gasteiger partial charge in [0.2, 0.25) is 11.7 Å². The molecule has 8 heteroatoms. The smallest absolute Gasteiger partial charge is 0.278 e. The third kappa shape index (κ3) is 2.54. The Morgan fingerprint density at radius 2 is 1.88 bits per heavy atom. The third-order valence-corrected chi connectivity index (χ3v) is 3.48. The zero-order chi connectivity index (χ0) is 16.5. The lowest BCUT2D eigenvalue weighted by molar-refractivity contribution is 0.361. The molecule has 0 N–H and O–H groups in total. The molecule has 0 saturated carbocycles. The van der Waals surface area contributed by atoms with Gasteiger partial charge in [-0.15, -0.1) is 5.10 Å². The fraction of sp³-hybridized carbons (Fsp3) is 0.0625. The molecule has 0 fully saturated rings. The highest BCUT2D eigenvalue weighted by Gasteiger charge is 2.12. The first-order chi connectivity index (χ1) is 11.7. The van der Waals surface area contributed by atoms with Gasteiger partial charge in [-0.2, -0.15) is 4.98 Å². The molecular formula is C16H10FN5O2. The van der Waals surface area contributed by atoms with Gasteiger partial charge in [-0.25, -0.2) is 9.07 Å². The summed E-state index contributed by atoms with van der Waals surface area (Å²) in [6, 6.07) is 12.7. The monoisotopic (exact) mass is 323 g/mol. The van der Waals surface area contributed by atoms with E-state index in [9.17, 15) is 9.18 Å². The third-order valence-electron chi connectivity index (χ3n) is 3.48. The van der Waals surface area contributed by atoms with E-state index in [4.69, 9.17) is 4.52 Å². The summed E-state index contributed by atoms with van der Waals surface area (Å²) < 4.78 is 19.2. The van der Waals surface area contributed by atoms with Gasteiger partial charge in [0.15, 0.2) is 0 Å². The van der Waals surface area contributed by atoms with Gasteiger partial charge in [-0.05, 0) is 36.4 Å². The van der Waals surface area contributed by atoms with Crippen LogP contribution in [0.3, 0.4) is 0 Å². The van der Waals surface area contributed by atoms with Crippen molar-refractivity contribution < 1.29 is 8.91 Å². The highest BCUT2D eigenvalue weighted by molar-refractivity contribution is 5.76. The van der Waals surface area contributed by atoms with Crippen LogP contribution >= 0.6 is 0 Å². The maximum Gasteiger partial charge on any atom is 0.278 e. The number of nitrogens with zero attached hydrogens (tertiary/aromatic N) is 5. The number of benzene rings is 2. The molecule has 0 saturated heterocycles. The van der Waals surface area contributed by atoms with Gasteiger partial charge in [0, 0.05) is 5.56 Å². The van der Waals surface area contributed by atoms with Crippen molar-refractivity contribution in [1.82, 2.24) is 25.1 Å². The van der Waals surface area contributed by atoms with E-state index >= 15 is 0 Å². The van der Waals surface area contributed by atoms with E-state index in [0.29, 0.717) is 22.3 Å². The minimum absolute atomic E-state index is 0.00482. The van der Waals surface area contributed by atoms with Gasteiger partial charge in [-0.3, -0.25) is 4.79 Å². The molecule has 0 unspecified atom stereocenters. The molecule has 2 heterocycles. The summed E-state index contributed by atoms with van der Waals surface area (Å²) >= 11 is 0. The van der Waals surface area contributed by atoms with Gasteiger partial charge < -0.3 is 4.52 Å². The molecule has 0 atom stereocenters. The molecule has 4 rings (SSSR count). The fourth-order valence-electron chi connectivity index (χ4n) is 2.29. The van der Waals surface area contributed by atoms with E-state index in [2.05, 4.69) is 20.5 Å². The molecule has 0 radical (unpaired) electrons. The topological polar surface area (TPSA) is 86.7 Å². The minimum Gasteiger partial charge on any atom is -0.337 e. The molecule has 2 aromatic carbocycles. The first-order valence-corrected chi connectivity index (χ1v) is 7.12. The molecule has 0 bridgehead atoms. The summed E-state index contributed by atoms with van der Waals surface area (Å²) in [5.74, 6) is 0.174. The summed E-state index contributed by atoms with van der Waals surface area (Å²) in [7, 11) is 0. The van der Waals surface area contributed by atoms with Crippen molar-refractivity contribution in [2.75, 3.05) is 0 Å². The average molecular weight is 323 g/mol. The normalized spacial score (nSPS) is 11.0. The van der Waals surface area contributed by atoms with Crippen molar-refractivity contribution in [2.24, 2.45) is 0 Å². The quantitative estimate of drug-likeness (QED) is 0.573. The molecule has 7 nitrogen and oxygen atoms in total. The molecule has 0 aliphatic heterocycles. The Labute approximate surface area is 134 Å². The van der Waals surface area contributed by atoms with Crippen LogP contribution in [0.2, 0.25) is 0 Å². The van der Waals surface area contributed by atoms with Crippen LogP contribution in [0.15, 0.2) is 57.8 Å². The molecule has 4 aromatic rings. The predicted molar refractivity (Wildman–Crippen MR) is 82.6 cm³/mol. The van der Waals surface area contributed by atoms with Gasteiger partial charge in [0.05, 0.1) is 5.39 Å². The molecule has 118 valence electrons. The lowest BCUT2D eigenvalue weighted by Gasteiger charge is -2.01. The van der Waals surface area contributed by atoms with Gasteiger partial charge in [0.1, 0.15) is 17.9 Å². The van der Waals surface area contributed by atoms with E-state index in [-0.39, 0.29) is 23.8 Å². The lowest BCUT2D eigenvalue weighted by Crippen LogP contribution is -2.24. The van der Waals surface area contributed by atoms with E-state index in [1.807, 2.05) is 0 Å². The van der Waals surface area contributed by atoms with Gasteiger partial charge in [-0.1, -0.05) is 22.5 Å². The second-order valence-electron chi connectivity index (χ2n) is 5.09. The van der Waals surface area contributed by atoms with Crippen molar-refractivity contribution in [3.05, 3.63) is 70.6 Å². The second kappa shape index (κ2) is 5.65. The predicted octanol–water partition coefficient (Wildman–Crippen LogP) is 2.03. The van der Waals surface area contributed by atoms with E-state index in [0.717, 1.165) is 4.68 Å². The number of hydrogen-bond donors (Lipinski definition) is 0. The molecular weight excluding hydrogens is 313 g/mol.